The van der Waals surface area contributed by atoms with Crippen molar-refractivity contribution in [3.63, 3.8) is 0 Å². The first-order valence-electron chi connectivity index (χ1n) is 8.14. The van der Waals surface area contributed by atoms with Gasteiger partial charge in [-0.2, -0.15) is 0 Å². The standard InChI is InChI=1S/C20H18N2O3/c1-20(2,3)25-19(24)22-15-11-7-5-9-13(15)16-17(22)12-8-4-6-10-14(12)21-18(16)23/h4-11H,1-3H3,(H,21,23). The van der Waals surface area contributed by atoms with E-state index < -0.39 is 11.7 Å². The average molecular weight is 334 g/mol. The molecule has 0 unspecified atom stereocenters. The van der Waals surface area contributed by atoms with E-state index in [2.05, 4.69) is 4.98 Å². The predicted molar refractivity (Wildman–Crippen MR) is 99.2 cm³/mol. The molecule has 126 valence electrons. The summed E-state index contributed by atoms with van der Waals surface area (Å²) >= 11 is 0. The van der Waals surface area contributed by atoms with Crippen LogP contribution >= 0.6 is 0 Å². The Hall–Kier alpha value is -3.08. The normalized spacial score (nSPS) is 12.1. The van der Waals surface area contributed by atoms with Crippen LogP contribution in [0.2, 0.25) is 0 Å². The van der Waals surface area contributed by atoms with Crippen molar-refractivity contribution in [1.29, 1.82) is 0 Å². The molecule has 1 N–H and O–H groups in total. The second kappa shape index (κ2) is 5.21. The summed E-state index contributed by atoms with van der Waals surface area (Å²) in [6, 6.07) is 14.8. The van der Waals surface area contributed by atoms with Crippen molar-refractivity contribution >= 4 is 38.8 Å². The van der Waals surface area contributed by atoms with E-state index in [9.17, 15) is 9.59 Å². The highest BCUT2D eigenvalue weighted by atomic mass is 16.6. The summed E-state index contributed by atoms with van der Waals surface area (Å²) in [4.78, 5) is 28.5. The highest BCUT2D eigenvalue weighted by Crippen LogP contribution is 2.31. The number of H-pyrrole nitrogens is 1. The van der Waals surface area contributed by atoms with Crippen molar-refractivity contribution in [3.8, 4) is 0 Å². The van der Waals surface area contributed by atoms with Gasteiger partial charge in [0.15, 0.2) is 0 Å². The lowest BCUT2D eigenvalue weighted by Gasteiger charge is -2.20. The van der Waals surface area contributed by atoms with E-state index in [1.807, 2.05) is 69.3 Å². The van der Waals surface area contributed by atoms with Crippen LogP contribution in [0.15, 0.2) is 53.3 Å². The predicted octanol–water partition coefficient (Wildman–Crippen LogP) is 4.42. The summed E-state index contributed by atoms with van der Waals surface area (Å²) in [5.41, 5.74) is 1.08. The van der Waals surface area contributed by atoms with Crippen molar-refractivity contribution in [2.75, 3.05) is 0 Å². The fourth-order valence-corrected chi connectivity index (χ4v) is 3.21. The Morgan fingerprint density at radius 3 is 2.36 bits per heavy atom. The van der Waals surface area contributed by atoms with Gasteiger partial charge in [0.1, 0.15) is 5.60 Å². The van der Waals surface area contributed by atoms with Crippen LogP contribution in [0.25, 0.3) is 32.7 Å². The van der Waals surface area contributed by atoms with E-state index >= 15 is 0 Å². The van der Waals surface area contributed by atoms with Gasteiger partial charge in [0.25, 0.3) is 5.56 Å². The van der Waals surface area contributed by atoms with Crippen molar-refractivity contribution in [3.05, 3.63) is 58.9 Å². The van der Waals surface area contributed by atoms with Crippen LogP contribution in [0.4, 0.5) is 4.79 Å². The Morgan fingerprint density at radius 2 is 1.64 bits per heavy atom. The first-order chi connectivity index (χ1) is 11.9. The maximum atomic E-state index is 12.9. The monoisotopic (exact) mass is 334 g/mol. The van der Waals surface area contributed by atoms with E-state index in [1.165, 1.54) is 4.57 Å². The molecule has 0 amide bonds. The zero-order chi connectivity index (χ0) is 17.8. The summed E-state index contributed by atoms with van der Waals surface area (Å²) in [5, 5.41) is 2.04. The molecule has 0 saturated carbocycles. The van der Waals surface area contributed by atoms with Crippen LogP contribution in [-0.4, -0.2) is 21.2 Å². The van der Waals surface area contributed by atoms with Crippen LogP contribution in [0.5, 0.6) is 0 Å². The molecule has 4 aromatic rings. The topological polar surface area (TPSA) is 64.1 Å². The van der Waals surface area contributed by atoms with Crippen molar-refractivity contribution < 1.29 is 9.53 Å². The average Bonchev–Trinajstić information content (AvgIpc) is 2.89. The van der Waals surface area contributed by atoms with Gasteiger partial charge in [-0.1, -0.05) is 36.4 Å². The van der Waals surface area contributed by atoms with E-state index in [0.29, 0.717) is 21.9 Å². The minimum absolute atomic E-state index is 0.216. The molecule has 2 aromatic heterocycles. The number of hydrogen-bond donors (Lipinski definition) is 1. The highest BCUT2D eigenvalue weighted by molar-refractivity contribution is 6.19. The second-order valence-electron chi connectivity index (χ2n) is 7.06. The van der Waals surface area contributed by atoms with Crippen molar-refractivity contribution in [2.45, 2.75) is 26.4 Å². The number of nitrogens with one attached hydrogen (secondary N) is 1. The second-order valence-corrected chi connectivity index (χ2v) is 7.06. The molecule has 0 aliphatic carbocycles. The van der Waals surface area contributed by atoms with Crippen molar-refractivity contribution in [2.24, 2.45) is 0 Å². The van der Waals surface area contributed by atoms with E-state index in [1.54, 1.807) is 0 Å². The molecule has 0 fully saturated rings. The molecule has 5 nitrogen and oxygen atoms in total. The van der Waals surface area contributed by atoms with E-state index in [0.717, 1.165) is 10.8 Å². The van der Waals surface area contributed by atoms with Gasteiger partial charge in [0.05, 0.1) is 21.9 Å². The van der Waals surface area contributed by atoms with E-state index in [-0.39, 0.29) is 5.56 Å². The molecule has 0 aliphatic heterocycles. The first-order valence-corrected chi connectivity index (χ1v) is 8.14. The molecule has 0 spiro atoms. The Bertz CT molecular complexity index is 1190. The molecule has 5 heteroatoms. The number of nitrogens with zero attached hydrogens (tertiary/aromatic N) is 1. The molecule has 0 aliphatic rings. The SMILES string of the molecule is CC(C)(C)OC(=O)n1c2ccccc2c2c(=O)[nH]c3ccccc3c21. The lowest BCUT2D eigenvalue weighted by molar-refractivity contribution is 0.0551. The number of hydrogen-bond acceptors (Lipinski definition) is 3. The summed E-state index contributed by atoms with van der Waals surface area (Å²) in [6.07, 6.45) is -0.491. The largest absolute Gasteiger partial charge is 0.443 e. The fraction of sp³-hybridized carbons (Fsp3) is 0.200. The number of aromatic amines is 1. The molecular weight excluding hydrogens is 316 g/mol. The third kappa shape index (κ3) is 2.39. The van der Waals surface area contributed by atoms with Crippen LogP contribution in [0.3, 0.4) is 0 Å². The van der Waals surface area contributed by atoms with Gasteiger partial charge < -0.3 is 9.72 Å². The third-order valence-corrected chi connectivity index (χ3v) is 4.11. The minimum atomic E-state index is -0.633. The zero-order valence-corrected chi connectivity index (χ0v) is 14.3. The molecule has 0 bridgehead atoms. The lowest BCUT2D eigenvalue weighted by atomic mass is 10.1. The summed E-state index contributed by atoms with van der Waals surface area (Å²) in [6.45, 7) is 5.47. The maximum absolute atomic E-state index is 12.9. The number of fused-ring (bicyclic) bond motifs is 5. The highest BCUT2D eigenvalue weighted by Gasteiger charge is 2.24. The quantitative estimate of drug-likeness (QED) is 0.518. The summed E-state index contributed by atoms with van der Waals surface area (Å²) in [7, 11) is 0. The van der Waals surface area contributed by atoms with Gasteiger partial charge in [-0.15, -0.1) is 0 Å². The number of pyridine rings is 1. The van der Waals surface area contributed by atoms with E-state index in [4.69, 9.17) is 4.74 Å². The van der Waals surface area contributed by atoms with Crippen LogP contribution in [0, 0.1) is 0 Å². The molecule has 2 aromatic carbocycles. The van der Waals surface area contributed by atoms with Crippen molar-refractivity contribution in [1.82, 2.24) is 9.55 Å². The zero-order valence-electron chi connectivity index (χ0n) is 14.3. The van der Waals surface area contributed by atoms with Crippen LogP contribution < -0.4 is 5.56 Å². The third-order valence-electron chi connectivity index (χ3n) is 4.11. The number of ether oxygens (including phenoxy) is 1. The number of carbonyl (C=O) groups is 1. The molecule has 0 radical (unpaired) electrons. The minimum Gasteiger partial charge on any atom is -0.443 e. The fourth-order valence-electron chi connectivity index (χ4n) is 3.21. The van der Waals surface area contributed by atoms with Gasteiger partial charge in [-0.25, -0.2) is 9.36 Å². The summed E-state index contributed by atoms with van der Waals surface area (Å²) < 4.78 is 7.11. The molecule has 2 heterocycles. The molecule has 4 rings (SSSR count). The smallest absolute Gasteiger partial charge is 0.419 e. The summed E-state index contributed by atoms with van der Waals surface area (Å²) in [5.74, 6) is 0. The number of rotatable bonds is 0. The van der Waals surface area contributed by atoms with Gasteiger partial charge in [0.2, 0.25) is 0 Å². The Morgan fingerprint density at radius 1 is 1.00 bits per heavy atom. The number of carbonyl (C=O) groups excluding carboxylic acids is 1. The molecule has 25 heavy (non-hydrogen) atoms. The molecule has 0 atom stereocenters. The number of para-hydroxylation sites is 2. The maximum Gasteiger partial charge on any atom is 0.419 e. The van der Waals surface area contributed by atoms with Gasteiger partial charge in [-0.3, -0.25) is 4.79 Å². The first kappa shape index (κ1) is 15.4. The Kier molecular flexibility index (Phi) is 3.22. The van der Waals surface area contributed by atoms with Gasteiger partial charge in [0, 0.05) is 10.8 Å². The van der Waals surface area contributed by atoms with Gasteiger partial charge in [-0.05, 0) is 32.9 Å². The Balaban J connectivity index is 2.22. The van der Waals surface area contributed by atoms with Gasteiger partial charge >= 0.3 is 6.09 Å². The lowest BCUT2D eigenvalue weighted by Crippen LogP contribution is -2.27. The number of aromatic nitrogens is 2. The van der Waals surface area contributed by atoms with Crippen LogP contribution in [0.1, 0.15) is 20.8 Å². The molecule has 0 saturated heterocycles. The van der Waals surface area contributed by atoms with Crippen LogP contribution in [-0.2, 0) is 4.74 Å². The molecular formula is C20H18N2O3. The number of benzene rings is 2. The Labute approximate surface area is 143 Å².